The van der Waals surface area contributed by atoms with Gasteiger partial charge in [-0.15, -0.1) is 11.3 Å². The molecular formula is C21H16IN2SSi. The molecule has 5 heteroatoms. The number of hydrogen-bond donors (Lipinski definition) is 0. The summed E-state index contributed by atoms with van der Waals surface area (Å²) >= 11 is 4.08. The second-order valence-electron chi connectivity index (χ2n) is 6.38. The van der Waals surface area contributed by atoms with E-state index in [0.717, 1.165) is 15.6 Å². The molecule has 0 bridgehead atoms. The summed E-state index contributed by atoms with van der Waals surface area (Å²) in [6, 6.07) is 23.6. The Labute approximate surface area is 172 Å². The van der Waals surface area contributed by atoms with Gasteiger partial charge in [0.1, 0.15) is 6.07 Å². The van der Waals surface area contributed by atoms with E-state index in [9.17, 15) is 5.26 Å². The molecule has 0 aliphatic carbocycles. The quantitative estimate of drug-likeness (QED) is 0.192. The molecule has 0 saturated carbocycles. The van der Waals surface area contributed by atoms with Gasteiger partial charge in [-0.25, -0.2) is 0 Å². The number of nitrogens with zero attached hydrogens (tertiary/aromatic N) is 2. The third kappa shape index (κ3) is 2.92. The van der Waals surface area contributed by atoms with Crippen LogP contribution in [-0.4, -0.2) is 8.80 Å². The van der Waals surface area contributed by atoms with Crippen LogP contribution in [0.1, 0.15) is 5.56 Å². The van der Waals surface area contributed by atoms with Gasteiger partial charge in [0, 0.05) is 10.8 Å². The maximum Gasteiger partial charge on any atom is 0.101 e. The molecule has 1 radical (unpaired) electrons. The summed E-state index contributed by atoms with van der Waals surface area (Å²) in [7, 11) is -0.427. The summed E-state index contributed by atoms with van der Waals surface area (Å²) in [5, 5.41) is 13.3. The molecule has 26 heavy (non-hydrogen) atoms. The van der Waals surface area contributed by atoms with Crippen LogP contribution in [0.5, 0.6) is 0 Å². The minimum Gasteiger partial charge on any atom is -0.282 e. The van der Waals surface area contributed by atoms with Crippen molar-refractivity contribution in [2.75, 3.05) is 3.11 Å². The molecule has 0 fully saturated rings. The summed E-state index contributed by atoms with van der Waals surface area (Å²) in [4.78, 5) is 0. The summed E-state index contributed by atoms with van der Waals surface area (Å²) in [6.45, 7) is 4.62. The number of thiophene rings is 1. The lowest BCUT2D eigenvalue weighted by Crippen LogP contribution is -2.22. The molecular weight excluding hydrogens is 467 g/mol. The molecule has 0 N–H and O–H groups in total. The number of rotatable bonds is 3. The van der Waals surface area contributed by atoms with E-state index in [4.69, 9.17) is 0 Å². The van der Waals surface area contributed by atoms with Gasteiger partial charge in [-0.3, -0.25) is 3.11 Å². The van der Waals surface area contributed by atoms with Gasteiger partial charge in [-0.1, -0.05) is 54.7 Å². The number of fused-ring (bicyclic) bond motifs is 3. The van der Waals surface area contributed by atoms with Crippen molar-refractivity contribution in [3.8, 4) is 6.07 Å². The predicted octanol–water partition coefficient (Wildman–Crippen LogP) is 6.38. The lowest BCUT2D eigenvalue weighted by atomic mass is 10.1. The normalized spacial score (nSPS) is 11.2. The van der Waals surface area contributed by atoms with Crippen LogP contribution in [0.15, 0.2) is 60.7 Å². The van der Waals surface area contributed by atoms with Crippen molar-refractivity contribution in [2.24, 2.45) is 0 Å². The fraction of sp³-hybridized carbons (Fsp3) is 0.0952. The molecule has 2 nitrogen and oxygen atoms in total. The van der Waals surface area contributed by atoms with Crippen molar-refractivity contribution < 1.29 is 0 Å². The van der Waals surface area contributed by atoms with E-state index in [0.29, 0.717) is 0 Å². The van der Waals surface area contributed by atoms with E-state index in [-0.39, 0.29) is 0 Å². The van der Waals surface area contributed by atoms with Crippen LogP contribution in [0.3, 0.4) is 0 Å². The Morgan fingerprint density at radius 2 is 1.58 bits per heavy atom. The average molecular weight is 483 g/mol. The van der Waals surface area contributed by atoms with Crippen molar-refractivity contribution in [3.05, 3.63) is 66.2 Å². The second-order valence-corrected chi connectivity index (χ2v) is 10.9. The zero-order chi connectivity index (χ0) is 18.3. The highest BCUT2D eigenvalue weighted by Gasteiger charge is 2.15. The molecule has 0 atom stereocenters. The summed E-state index contributed by atoms with van der Waals surface area (Å²) in [5.41, 5.74) is 3.09. The highest BCUT2D eigenvalue weighted by molar-refractivity contribution is 14.1. The van der Waals surface area contributed by atoms with Crippen molar-refractivity contribution >= 4 is 79.7 Å². The third-order valence-corrected chi connectivity index (χ3v) is 8.35. The van der Waals surface area contributed by atoms with Gasteiger partial charge in [-0.2, -0.15) is 5.26 Å². The average Bonchev–Trinajstić information content (AvgIpc) is 3.06. The van der Waals surface area contributed by atoms with E-state index in [2.05, 4.69) is 93.7 Å². The molecule has 0 spiro atoms. The van der Waals surface area contributed by atoms with Crippen molar-refractivity contribution in [2.45, 2.75) is 13.1 Å². The Morgan fingerprint density at radius 3 is 2.23 bits per heavy atom. The summed E-state index contributed by atoms with van der Waals surface area (Å²) in [6.07, 6.45) is 0. The van der Waals surface area contributed by atoms with Crippen molar-refractivity contribution in [3.63, 3.8) is 0 Å². The van der Waals surface area contributed by atoms with Gasteiger partial charge in [0.25, 0.3) is 0 Å². The van der Waals surface area contributed by atoms with Crippen LogP contribution < -0.4 is 8.30 Å². The van der Waals surface area contributed by atoms with E-state index >= 15 is 0 Å². The maximum absolute atomic E-state index is 9.44. The van der Waals surface area contributed by atoms with E-state index in [1.165, 1.54) is 26.6 Å². The fourth-order valence-electron chi connectivity index (χ4n) is 3.11. The van der Waals surface area contributed by atoms with Gasteiger partial charge >= 0.3 is 0 Å². The molecule has 0 unspecified atom stereocenters. The molecule has 4 aromatic rings. The van der Waals surface area contributed by atoms with Gasteiger partial charge < -0.3 is 0 Å². The first-order valence-corrected chi connectivity index (χ1v) is 12.6. The summed E-state index contributed by atoms with van der Waals surface area (Å²) in [5.74, 6) is 0. The van der Waals surface area contributed by atoms with E-state index in [1.807, 2.05) is 12.1 Å². The Balaban J connectivity index is 1.87. The zero-order valence-electron chi connectivity index (χ0n) is 14.5. The van der Waals surface area contributed by atoms with Crippen LogP contribution in [0.4, 0.5) is 11.4 Å². The topological polar surface area (TPSA) is 27.0 Å². The first-order chi connectivity index (χ1) is 12.6. The minimum atomic E-state index is -0.427. The van der Waals surface area contributed by atoms with E-state index in [1.54, 1.807) is 11.3 Å². The smallest absolute Gasteiger partial charge is 0.101 e. The number of nitriles is 1. The van der Waals surface area contributed by atoms with Gasteiger partial charge in [0.05, 0.1) is 58.0 Å². The number of halogens is 1. The molecule has 0 aliphatic rings. The SMILES string of the molecule is C[Si](C)c1ccc(N(I)c2cccc3c2sc2c(C#N)cccc23)cc1. The maximum atomic E-state index is 9.44. The van der Waals surface area contributed by atoms with Crippen LogP contribution in [-0.2, 0) is 0 Å². The van der Waals surface area contributed by atoms with Gasteiger partial charge in [-0.05, 0) is 24.3 Å². The Bertz CT molecular complexity index is 1140. The van der Waals surface area contributed by atoms with Crippen molar-refractivity contribution in [1.29, 1.82) is 5.26 Å². The highest BCUT2D eigenvalue weighted by Crippen LogP contribution is 2.43. The molecule has 127 valence electrons. The Kier molecular flexibility index (Phi) is 4.74. The van der Waals surface area contributed by atoms with E-state index < -0.39 is 8.80 Å². The highest BCUT2D eigenvalue weighted by atomic mass is 127. The molecule has 3 aromatic carbocycles. The number of anilines is 2. The number of benzene rings is 3. The lowest BCUT2D eigenvalue weighted by molar-refractivity contribution is 1.51. The largest absolute Gasteiger partial charge is 0.282 e. The zero-order valence-corrected chi connectivity index (χ0v) is 18.4. The first kappa shape index (κ1) is 17.5. The fourth-order valence-corrected chi connectivity index (χ4v) is 6.10. The summed E-state index contributed by atoms with van der Waals surface area (Å²) < 4.78 is 4.50. The van der Waals surface area contributed by atoms with Gasteiger partial charge in [0.2, 0.25) is 0 Å². The molecule has 1 aromatic heterocycles. The molecule has 0 saturated heterocycles. The van der Waals surface area contributed by atoms with Crippen LogP contribution in [0.2, 0.25) is 13.1 Å². The van der Waals surface area contributed by atoms with Crippen LogP contribution in [0, 0.1) is 11.3 Å². The van der Waals surface area contributed by atoms with Crippen LogP contribution >= 0.6 is 34.2 Å². The monoisotopic (exact) mass is 483 g/mol. The first-order valence-electron chi connectivity index (χ1n) is 8.31. The number of hydrogen-bond acceptors (Lipinski definition) is 3. The van der Waals surface area contributed by atoms with Crippen LogP contribution in [0.25, 0.3) is 20.2 Å². The third-order valence-electron chi connectivity index (χ3n) is 4.51. The minimum absolute atomic E-state index is 0.427. The Hall–Kier alpha value is -1.88. The van der Waals surface area contributed by atoms with Crippen molar-refractivity contribution in [1.82, 2.24) is 0 Å². The van der Waals surface area contributed by atoms with Gasteiger partial charge in [0.15, 0.2) is 0 Å². The molecule has 0 aliphatic heterocycles. The molecule has 1 heterocycles. The molecule has 0 amide bonds. The Morgan fingerprint density at radius 1 is 0.923 bits per heavy atom. The predicted molar refractivity (Wildman–Crippen MR) is 124 cm³/mol. The standard InChI is InChI=1S/C21H16IN2SSi/c1-26(2)16-11-9-15(10-12-16)24(22)19-8-4-7-18-17-6-3-5-14(13-23)20(17)25-21(18)19/h3-12H,1-2H3. The second kappa shape index (κ2) is 7.03. The molecule has 4 rings (SSSR count). The lowest BCUT2D eigenvalue weighted by Gasteiger charge is -2.18.